The maximum atomic E-state index is 12.6. The van der Waals surface area contributed by atoms with Crippen molar-refractivity contribution in [2.24, 2.45) is 0 Å². The number of thioether (sulfide) groups is 1. The first kappa shape index (κ1) is 20.7. The van der Waals surface area contributed by atoms with Crippen LogP contribution in [0.5, 0.6) is 0 Å². The number of ether oxygens (including phenoxy) is 1. The van der Waals surface area contributed by atoms with Gasteiger partial charge in [-0.15, -0.1) is 0 Å². The summed E-state index contributed by atoms with van der Waals surface area (Å²) in [5.74, 6) is 1.72. The molecule has 28 heavy (non-hydrogen) atoms. The van der Waals surface area contributed by atoms with Gasteiger partial charge < -0.3 is 15.0 Å². The number of nitrogens with one attached hydrogen (secondary N) is 1. The van der Waals surface area contributed by atoms with Crippen LogP contribution >= 0.6 is 11.8 Å². The average Bonchev–Trinajstić information content (AvgIpc) is 2.75. The predicted octanol–water partition coefficient (Wildman–Crippen LogP) is 4.59. The highest BCUT2D eigenvalue weighted by Gasteiger charge is 2.14. The number of amides is 1. The van der Waals surface area contributed by atoms with Crippen molar-refractivity contribution in [2.75, 3.05) is 36.5 Å². The Labute approximate surface area is 171 Å². The van der Waals surface area contributed by atoms with Crippen LogP contribution in [0.1, 0.15) is 42.6 Å². The summed E-state index contributed by atoms with van der Waals surface area (Å²) in [7, 11) is 0. The highest BCUT2D eigenvalue weighted by atomic mass is 32.2. The van der Waals surface area contributed by atoms with Crippen molar-refractivity contribution in [1.82, 2.24) is 4.98 Å². The van der Waals surface area contributed by atoms with E-state index in [2.05, 4.69) is 41.2 Å². The van der Waals surface area contributed by atoms with Crippen molar-refractivity contribution >= 4 is 29.2 Å². The van der Waals surface area contributed by atoms with Crippen LogP contribution < -0.4 is 10.2 Å². The number of aromatic nitrogens is 1. The molecule has 1 saturated heterocycles. The SMILES string of the molecule is CCN(CC)c1ccc(C(=O)Nc2cccc(CSC3CCOCC3)c2)cn1. The van der Waals surface area contributed by atoms with E-state index in [4.69, 9.17) is 4.74 Å². The van der Waals surface area contributed by atoms with Crippen molar-refractivity contribution in [3.63, 3.8) is 0 Å². The number of hydrogen-bond donors (Lipinski definition) is 1. The minimum Gasteiger partial charge on any atom is -0.381 e. The Hall–Kier alpha value is -2.05. The fraction of sp³-hybridized carbons (Fsp3) is 0.455. The zero-order valence-electron chi connectivity index (χ0n) is 16.7. The third kappa shape index (κ3) is 5.72. The van der Waals surface area contributed by atoms with Crippen molar-refractivity contribution in [2.45, 2.75) is 37.7 Å². The van der Waals surface area contributed by atoms with E-state index >= 15 is 0 Å². The Morgan fingerprint density at radius 2 is 2.00 bits per heavy atom. The van der Waals surface area contributed by atoms with Gasteiger partial charge in [0.25, 0.3) is 5.91 Å². The van der Waals surface area contributed by atoms with Crippen molar-refractivity contribution in [3.8, 4) is 0 Å². The number of nitrogens with zero attached hydrogens (tertiary/aromatic N) is 2. The smallest absolute Gasteiger partial charge is 0.257 e. The number of carbonyl (C=O) groups excluding carboxylic acids is 1. The first-order valence-corrected chi connectivity index (χ1v) is 11.0. The van der Waals surface area contributed by atoms with Crippen molar-refractivity contribution < 1.29 is 9.53 Å². The number of hydrogen-bond acceptors (Lipinski definition) is 5. The van der Waals surface area contributed by atoms with Gasteiger partial charge >= 0.3 is 0 Å². The Balaban J connectivity index is 1.57. The van der Waals surface area contributed by atoms with Crippen LogP contribution in [0, 0.1) is 0 Å². The molecule has 2 heterocycles. The number of carbonyl (C=O) groups is 1. The van der Waals surface area contributed by atoms with Gasteiger partial charge in [-0.1, -0.05) is 12.1 Å². The van der Waals surface area contributed by atoms with Crippen molar-refractivity contribution in [3.05, 3.63) is 53.7 Å². The fourth-order valence-corrected chi connectivity index (χ4v) is 4.39. The summed E-state index contributed by atoms with van der Waals surface area (Å²) < 4.78 is 5.42. The molecule has 0 saturated carbocycles. The van der Waals surface area contributed by atoms with Crippen LogP contribution in [0.25, 0.3) is 0 Å². The first-order chi connectivity index (χ1) is 13.7. The zero-order valence-corrected chi connectivity index (χ0v) is 17.5. The summed E-state index contributed by atoms with van der Waals surface area (Å²) in [6.07, 6.45) is 3.89. The van der Waals surface area contributed by atoms with Crippen molar-refractivity contribution in [1.29, 1.82) is 0 Å². The van der Waals surface area contributed by atoms with E-state index in [0.29, 0.717) is 10.8 Å². The van der Waals surface area contributed by atoms with Gasteiger partial charge in [0.05, 0.1) is 5.56 Å². The second kappa shape index (κ2) is 10.5. The Bertz CT molecular complexity index is 757. The van der Waals surface area contributed by atoms with E-state index in [1.54, 1.807) is 6.20 Å². The monoisotopic (exact) mass is 399 g/mol. The molecule has 6 heteroatoms. The van der Waals surface area contributed by atoms with E-state index in [1.807, 2.05) is 36.0 Å². The molecule has 1 aromatic carbocycles. The molecule has 0 bridgehead atoms. The van der Waals surface area contributed by atoms with Gasteiger partial charge in [0.2, 0.25) is 0 Å². The number of benzene rings is 1. The highest BCUT2D eigenvalue weighted by Crippen LogP contribution is 2.26. The Kier molecular flexibility index (Phi) is 7.74. The minimum atomic E-state index is -0.132. The standard InChI is InChI=1S/C22H29N3O2S/c1-3-25(4-2)21-9-8-18(15-23-21)22(26)24-19-7-5-6-17(14-19)16-28-20-10-12-27-13-11-20/h5-9,14-15,20H,3-4,10-13,16H2,1-2H3,(H,24,26). The van der Waals surface area contributed by atoms with Crippen LogP contribution in [-0.4, -0.2) is 42.4 Å². The van der Waals surface area contributed by atoms with E-state index in [-0.39, 0.29) is 5.91 Å². The molecule has 1 aliphatic heterocycles. The normalized spacial score (nSPS) is 14.6. The summed E-state index contributed by atoms with van der Waals surface area (Å²) in [4.78, 5) is 19.2. The van der Waals surface area contributed by atoms with Gasteiger partial charge in [-0.25, -0.2) is 4.98 Å². The lowest BCUT2D eigenvalue weighted by Crippen LogP contribution is -2.23. The van der Waals surface area contributed by atoms with Gasteiger partial charge in [-0.3, -0.25) is 4.79 Å². The minimum absolute atomic E-state index is 0.132. The molecule has 1 amide bonds. The van der Waals surface area contributed by atoms with Gasteiger partial charge in [0, 0.05) is 49.2 Å². The first-order valence-electron chi connectivity index (χ1n) is 10.00. The van der Waals surface area contributed by atoms with E-state index in [1.165, 1.54) is 5.56 Å². The quantitative estimate of drug-likeness (QED) is 0.703. The zero-order chi connectivity index (χ0) is 19.8. The van der Waals surface area contributed by atoms with Gasteiger partial charge in [-0.05, 0) is 56.5 Å². The molecule has 1 fully saturated rings. The van der Waals surface area contributed by atoms with Crippen LogP contribution in [0.15, 0.2) is 42.6 Å². The highest BCUT2D eigenvalue weighted by molar-refractivity contribution is 7.99. The molecule has 0 atom stereocenters. The fourth-order valence-electron chi connectivity index (χ4n) is 3.25. The second-order valence-electron chi connectivity index (χ2n) is 6.85. The second-order valence-corrected chi connectivity index (χ2v) is 8.14. The predicted molar refractivity (Wildman–Crippen MR) is 117 cm³/mol. The molecule has 0 spiro atoms. The summed E-state index contributed by atoms with van der Waals surface area (Å²) in [6.45, 7) is 7.73. The summed E-state index contributed by atoms with van der Waals surface area (Å²) >= 11 is 1.98. The third-order valence-corrected chi connectivity index (χ3v) is 6.38. The van der Waals surface area contributed by atoms with Gasteiger partial charge in [0.1, 0.15) is 5.82 Å². The van der Waals surface area contributed by atoms with Gasteiger partial charge in [-0.2, -0.15) is 11.8 Å². The molecule has 0 aliphatic carbocycles. The van der Waals surface area contributed by atoms with Crippen LogP contribution in [0.2, 0.25) is 0 Å². The van der Waals surface area contributed by atoms with Gasteiger partial charge in [0.15, 0.2) is 0 Å². The molecular weight excluding hydrogens is 370 g/mol. The summed E-state index contributed by atoms with van der Waals surface area (Å²) in [6, 6.07) is 11.8. The lowest BCUT2D eigenvalue weighted by Gasteiger charge is -2.21. The molecule has 2 aromatic rings. The molecular formula is C22H29N3O2S. The largest absolute Gasteiger partial charge is 0.381 e. The average molecular weight is 400 g/mol. The van der Waals surface area contributed by atoms with Crippen LogP contribution in [0.3, 0.4) is 0 Å². The molecule has 5 nitrogen and oxygen atoms in total. The number of rotatable bonds is 8. The molecule has 1 N–H and O–H groups in total. The number of anilines is 2. The molecule has 1 aromatic heterocycles. The maximum Gasteiger partial charge on any atom is 0.257 e. The van der Waals surface area contributed by atoms with E-state index in [9.17, 15) is 4.79 Å². The maximum absolute atomic E-state index is 12.6. The van der Waals surface area contributed by atoms with E-state index < -0.39 is 0 Å². The molecule has 150 valence electrons. The Morgan fingerprint density at radius 1 is 1.21 bits per heavy atom. The molecule has 0 unspecified atom stereocenters. The van der Waals surface area contributed by atoms with E-state index in [0.717, 1.165) is 56.4 Å². The summed E-state index contributed by atoms with van der Waals surface area (Å²) in [5, 5.41) is 3.66. The number of pyridine rings is 1. The lowest BCUT2D eigenvalue weighted by atomic mass is 10.2. The molecule has 0 radical (unpaired) electrons. The third-order valence-electron chi connectivity index (χ3n) is 4.94. The van der Waals surface area contributed by atoms with Crippen LogP contribution in [-0.2, 0) is 10.5 Å². The Morgan fingerprint density at radius 3 is 2.68 bits per heavy atom. The van der Waals surface area contributed by atoms with Crippen LogP contribution in [0.4, 0.5) is 11.5 Å². The molecule has 1 aliphatic rings. The lowest BCUT2D eigenvalue weighted by molar-refractivity contribution is 0.1000. The topological polar surface area (TPSA) is 54.5 Å². The summed E-state index contributed by atoms with van der Waals surface area (Å²) in [5.41, 5.74) is 2.62. The molecule has 3 rings (SSSR count).